The van der Waals surface area contributed by atoms with Crippen LogP contribution in [-0.4, -0.2) is 74.2 Å². The van der Waals surface area contributed by atoms with Crippen molar-refractivity contribution in [3.63, 3.8) is 0 Å². The van der Waals surface area contributed by atoms with Crippen molar-refractivity contribution in [3.8, 4) is 5.75 Å². The molecule has 0 saturated heterocycles. The quantitative estimate of drug-likeness (QED) is 0.661. The van der Waals surface area contributed by atoms with Crippen molar-refractivity contribution in [2.75, 3.05) is 33.3 Å². The van der Waals surface area contributed by atoms with Crippen molar-refractivity contribution >= 4 is 22.1 Å². The van der Waals surface area contributed by atoms with Gasteiger partial charge in [-0.15, -0.1) is 0 Å². The highest BCUT2D eigenvalue weighted by Crippen LogP contribution is 2.34. The Labute approximate surface area is 185 Å². The van der Waals surface area contributed by atoms with Crippen LogP contribution in [0.4, 0.5) is 4.79 Å². The maximum atomic E-state index is 13.4. The van der Waals surface area contributed by atoms with Gasteiger partial charge in [0.15, 0.2) is 0 Å². The van der Waals surface area contributed by atoms with Gasteiger partial charge in [-0.1, -0.05) is 32.1 Å². The molecule has 0 unspecified atom stereocenters. The van der Waals surface area contributed by atoms with E-state index in [0.29, 0.717) is 13.1 Å². The predicted molar refractivity (Wildman–Crippen MR) is 121 cm³/mol. The molecule has 2 N–H and O–H groups in total. The molecular formula is C22H35N3O5S. The second-order valence-electron chi connectivity index (χ2n) is 8.06. The minimum absolute atomic E-state index is 0.0658. The average Bonchev–Trinajstić information content (AvgIpc) is 2.73. The van der Waals surface area contributed by atoms with Gasteiger partial charge in [0.25, 0.3) is 0 Å². The molecule has 0 radical (unpaired) electrons. The van der Waals surface area contributed by atoms with Crippen molar-refractivity contribution in [2.24, 2.45) is 5.92 Å². The number of nitrogens with zero attached hydrogens (tertiary/aromatic N) is 2. The van der Waals surface area contributed by atoms with E-state index in [1.54, 1.807) is 37.1 Å². The number of fused-ring (bicyclic) bond motifs is 1. The predicted octanol–water partition coefficient (Wildman–Crippen LogP) is 2.54. The lowest BCUT2D eigenvalue weighted by Crippen LogP contribution is -2.51. The molecule has 0 spiro atoms. The van der Waals surface area contributed by atoms with E-state index in [-0.39, 0.29) is 35.7 Å². The molecule has 0 aromatic heterocycles. The topological polar surface area (TPSA) is 99.2 Å². The van der Waals surface area contributed by atoms with E-state index in [4.69, 9.17) is 4.74 Å². The number of rotatable bonds is 7. The maximum absolute atomic E-state index is 13.4. The standard InChI is InChI=1S/C22H35N3O5S/c1-6-8-18-9-10-21-19(12-18)30-20(14-24(5)22(27)23-11-7-2)16(3)13-25(17(4)15-26)31(21,28)29/h6,8-10,12,16-17,20,26H,7,11,13-15H2,1-5H3,(H,23,27)/b8-6+/t16-,17-,20+/m1/s1. The first kappa shape index (κ1) is 25.2. The molecule has 0 bridgehead atoms. The molecular weight excluding hydrogens is 418 g/mol. The van der Waals surface area contributed by atoms with Gasteiger partial charge in [0.05, 0.1) is 13.2 Å². The molecule has 174 valence electrons. The fourth-order valence-electron chi connectivity index (χ4n) is 3.48. The van der Waals surface area contributed by atoms with E-state index in [2.05, 4.69) is 5.32 Å². The Morgan fingerprint density at radius 2 is 2.16 bits per heavy atom. The third-order valence-electron chi connectivity index (χ3n) is 5.38. The molecule has 3 atom stereocenters. The van der Waals surface area contributed by atoms with E-state index in [1.807, 2.05) is 32.9 Å². The number of likely N-dealkylation sites (N-methyl/N-ethyl adjacent to an activating group) is 1. The number of nitrogens with one attached hydrogen (secondary N) is 1. The van der Waals surface area contributed by atoms with E-state index >= 15 is 0 Å². The normalized spacial score (nSPS) is 22.1. The first-order chi connectivity index (χ1) is 14.6. The smallest absolute Gasteiger partial charge is 0.317 e. The summed E-state index contributed by atoms with van der Waals surface area (Å²) in [6.45, 7) is 8.21. The van der Waals surface area contributed by atoms with E-state index in [9.17, 15) is 18.3 Å². The lowest BCUT2D eigenvalue weighted by molar-refractivity contribution is 0.0812. The number of aliphatic hydroxyl groups is 1. The Balaban J connectivity index is 2.47. The summed E-state index contributed by atoms with van der Waals surface area (Å²) < 4.78 is 34.3. The minimum atomic E-state index is -3.87. The monoisotopic (exact) mass is 453 g/mol. The Morgan fingerprint density at radius 1 is 1.45 bits per heavy atom. The van der Waals surface area contributed by atoms with E-state index in [0.717, 1.165) is 12.0 Å². The molecule has 1 aliphatic heterocycles. The number of carbonyl (C=O) groups is 1. The third kappa shape index (κ3) is 5.99. The highest BCUT2D eigenvalue weighted by atomic mass is 32.2. The molecule has 1 aliphatic rings. The number of allylic oxidation sites excluding steroid dienone is 1. The zero-order valence-electron chi connectivity index (χ0n) is 19.0. The summed E-state index contributed by atoms with van der Waals surface area (Å²) in [7, 11) is -2.17. The zero-order chi connectivity index (χ0) is 23.2. The fourth-order valence-corrected chi connectivity index (χ4v) is 5.30. The number of hydrogen-bond donors (Lipinski definition) is 2. The number of urea groups is 1. The van der Waals surface area contributed by atoms with Crippen molar-refractivity contribution < 1.29 is 23.1 Å². The van der Waals surface area contributed by atoms with Crippen LogP contribution in [0.2, 0.25) is 0 Å². The summed E-state index contributed by atoms with van der Waals surface area (Å²) >= 11 is 0. The van der Waals surface area contributed by atoms with Gasteiger partial charge in [-0.3, -0.25) is 0 Å². The van der Waals surface area contributed by atoms with Crippen LogP contribution in [0, 0.1) is 5.92 Å². The van der Waals surface area contributed by atoms with Crippen molar-refractivity contribution in [3.05, 3.63) is 29.8 Å². The lowest BCUT2D eigenvalue weighted by Gasteiger charge is -2.37. The number of amides is 2. The van der Waals surface area contributed by atoms with Gasteiger partial charge in [-0.2, -0.15) is 4.31 Å². The van der Waals surface area contributed by atoms with Crippen LogP contribution < -0.4 is 10.1 Å². The van der Waals surface area contributed by atoms with Crippen LogP contribution in [0.5, 0.6) is 5.75 Å². The Kier molecular flexibility index (Phi) is 8.90. The third-order valence-corrected chi connectivity index (χ3v) is 7.40. The molecule has 31 heavy (non-hydrogen) atoms. The maximum Gasteiger partial charge on any atom is 0.317 e. The van der Waals surface area contributed by atoms with Gasteiger partial charge in [0.1, 0.15) is 16.7 Å². The first-order valence-electron chi connectivity index (χ1n) is 10.7. The van der Waals surface area contributed by atoms with Gasteiger partial charge in [0, 0.05) is 32.1 Å². The molecule has 0 saturated carbocycles. The Morgan fingerprint density at radius 3 is 2.77 bits per heavy atom. The zero-order valence-corrected chi connectivity index (χ0v) is 19.9. The SMILES string of the molecule is C/C=C/c1ccc2c(c1)O[C@@H](CN(C)C(=O)NCCC)[C@H](C)CN([C@H](C)CO)S2(=O)=O. The Bertz CT molecular complexity index is 887. The molecule has 8 nitrogen and oxygen atoms in total. The highest BCUT2D eigenvalue weighted by molar-refractivity contribution is 7.89. The van der Waals surface area contributed by atoms with Crippen LogP contribution >= 0.6 is 0 Å². The average molecular weight is 454 g/mol. The minimum Gasteiger partial charge on any atom is -0.487 e. The highest BCUT2D eigenvalue weighted by Gasteiger charge is 2.38. The summed E-state index contributed by atoms with van der Waals surface area (Å²) in [6.07, 6.45) is 4.14. The second-order valence-corrected chi connectivity index (χ2v) is 9.92. The number of sulfonamides is 1. The largest absolute Gasteiger partial charge is 0.487 e. The van der Waals surface area contributed by atoms with E-state index < -0.39 is 22.2 Å². The Hall–Kier alpha value is -2.10. The summed E-state index contributed by atoms with van der Waals surface area (Å²) in [6, 6.07) is 4.19. The summed E-state index contributed by atoms with van der Waals surface area (Å²) in [4.78, 5) is 14.0. The molecule has 2 rings (SSSR count). The van der Waals surface area contributed by atoms with E-state index in [1.165, 1.54) is 4.31 Å². The number of hydrogen-bond acceptors (Lipinski definition) is 5. The van der Waals surface area contributed by atoms with Gasteiger partial charge in [-0.05, 0) is 38.0 Å². The van der Waals surface area contributed by atoms with Crippen LogP contribution in [0.25, 0.3) is 6.08 Å². The van der Waals surface area contributed by atoms with Crippen molar-refractivity contribution in [1.29, 1.82) is 0 Å². The van der Waals surface area contributed by atoms with Crippen molar-refractivity contribution in [1.82, 2.24) is 14.5 Å². The van der Waals surface area contributed by atoms with Crippen molar-refractivity contribution in [2.45, 2.75) is 51.2 Å². The molecule has 0 fully saturated rings. The number of carbonyl (C=O) groups excluding carboxylic acids is 1. The second kappa shape index (κ2) is 11.0. The van der Waals surface area contributed by atoms with Gasteiger partial charge >= 0.3 is 6.03 Å². The van der Waals surface area contributed by atoms with Crippen LogP contribution in [0.3, 0.4) is 0 Å². The summed E-state index contributed by atoms with van der Waals surface area (Å²) in [5, 5.41) is 12.5. The molecule has 1 heterocycles. The molecule has 2 amide bonds. The number of benzene rings is 1. The van der Waals surface area contributed by atoms with Gasteiger partial charge in [0.2, 0.25) is 10.0 Å². The van der Waals surface area contributed by atoms with Gasteiger partial charge in [-0.25, -0.2) is 13.2 Å². The summed E-state index contributed by atoms with van der Waals surface area (Å²) in [5.74, 6) is 0.0355. The molecule has 1 aromatic carbocycles. The number of ether oxygens (including phenoxy) is 1. The molecule has 9 heteroatoms. The first-order valence-corrected chi connectivity index (χ1v) is 12.1. The molecule has 0 aliphatic carbocycles. The van der Waals surface area contributed by atoms with Crippen LogP contribution in [0.1, 0.15) is 39.7 Å². The van der Waals surface area contributed by atoms with Crippen LogP contribution in [-0.2, 0) is 10.0 Å². The molecule has 1 aromatic rings. The lowest BCUT2D eigenvalue weighted by atomic mass is 10.0. The fraction of sp³-hybridized carbons (Fsp3) is 0.591. The number of aliphatic hydroxyl groups excluding tert-OH is 1. The van der Waals surface area contributed by atoms with Gasteiger partial charge < -0.3 is 20.1 Å². The summed E-state index contributed by atoms with van der Waals surface area (Å²) in [5.41, 5.74) is 0.819. The van der Waals surface area contributed by atoms with Crippen LogP contribution in [0.15, 0.2) is 29.2 Å².